The molecule has 0 atom stereocenters. The van der Waals surface area contributed by atoms with Crippen LogP contribution in [0.25, 0.3) is 0 Å². The zero-order valence-electron chi connectivity index (χ0n) is 8.95. The summed E-state index contributed by atoms with van der Waals surface area (Å²) in [5, 5.41) is 10.7. The number of hydroxylamine groups is 1. The highest BCUT2D eigenvalue weighted by Gasteiger charge is 2.15. The SMILES string of the molecule is CC(C)C[N+]([O-])=Cc1ccc(S(=O)(=O)O)o1. The van der Waals surface area contributed by atoms with Crippen LogP contribution in [0.1, 0.15) is 19.6 Å². The van der Waals surface area contributed by atoms with Gasteiger partial charge in [-0.05, 0) is 12.1 Å². The van der Waals surface area contributed by atoms with E-state index in [9.17, 15) is 13.6 Å². The van der Waals surface area contributed by atoms with Gasteiger partial charge in [0, 0.05) is 5.92 Å². The van der Waals surface area contributed by atoms with Crippen molar-refractivity contribution in [1.82, 2.24) is 0 Å². The van der Waals surface area contributed by atoms with Crippen LogP contribution in [0, 0.1) is 11.1 Å². The highest BCUT2D eigenvalue weighted by Crippen LogP contribution is 2.11. The average molecular weight is 247 g/mol. The Morgan fingerprint density at radius 1 is 1.56 bits per heavy atom. The van der Waals surface area contributed by atoms with Crippen LogP contribution in [-0.2, 0) is 10.1 Å². The molecule has 0 unspecified atom stereocenters. The van der Waals surface area contributed by atoms with Gasteiger partial charge in [-0.1, -0.05) is 13.8 Å². The standard InChI is InChI=1S/C9H13NO5S/c1-7(2)5-10(11)6-8-3-4-9(15-8)16(12,13)14/h3-4,6-7H,5H2,1-2H3,(H,12,13,14). The molecule has 0 amide bonds. The fourth-order valence-electron chi connectivity index (χ4n) is 1.10. The minimum Gasteiger partial charge on any atom is -0.624 e. The molecular formula is C9H13NO5S. The van der Waals surface area contributed by atoms with Gasteiger partial charge in [-0.15, -0.1) is 0 Å². The van der Waals surface area contributed by atoms with E-state index in [-0.39, 0.29) is 18.2 Å². The topological polar surface area (TPSA) is 93.6 Å². The van der Waals surface area contributed by atoms with E-state index in [4.69, 9.17) is 8.97 Å². The molecule has 0 fully saturated rings. The van der Waals surface area contributed by atoms with Crippen molar-refractivity contribution in [2.24, 2.45) is 5.92 Å². The van der Waals surface area contributed by atoms with Crippen molar-refractivity contribution in [3.8, 4) is 0 Å². The number of furan rings is 1. The quantitative estimate of drug-likeness (QED) is 0.283. The summed E-state index contributed by atoms with van der Waals surface area (Å²) in [5.41, 5.74) is 0. The summed E-state index contributed by atoms with van der Waals surface area (Å²) in [4.78, 5) is 0. The zero-order chi connectivity index (χ0) is 12.3. The Morgan fingerprint density at radius 3 is 2.62 bits per heavy atom. The third-order valence-electron chi connectivity index (χ3n) is 1.67. The third kappa shape index (κ3) is 3.67. The van der Waals surface area contributed by atoms with Gasteiger partial charge >= 0.3 is 10.1 Å². The first-order chi connectivity index (χ1) is 7.29. The Bertz CT molecular complexity index is 486. The van der Waals surface area contributed by atoms with Gasteiger partial charge in [-0.3, -0.25) is 4.55 Å². The predicted octanol–water partition coefficient (Wildman–Crippen LogP) is 1.11. The van der Waals surface area contributed by atoms with Gasteiger partial charge in [0.2, 0.25) is 11.3 Å². The largest absolute Gasteiger partial charge is 0.624 e. The molecule has 7 heteroatoms. The van der Waals surface area contributed by atoms with Crippen LogP contribution in [-0.4, -0.2) is 30.5 Å². The lowest BCUT2D eigenvalue weighted by molar-refractivity contribution is -0.459. The molecule has 1 aromatic heterocycles. The molecular weight excluding hydrogens is 234 g/mol. The van der Waals surface area contributed by atoms with E-state index in [1.165, 1.54) is 6.07 Å². The van der Waals surface area contributed by atoms with Crippen LogP contribution in [0.15, 0.2) is 21.6 Å². The molecule has 0 bridgehead atoms. The Balaban J connectivity index is 2.88. The summed E-state index contributed by atoms with van der Waals surface area (Å²) in [6, 6.07) is 2.39. The molecule has 0 saturated heterocycles. The Hall–Kier alpha value is -1.34. The minimum atomic E-state index is -4.35. The monoisotopic (exact) mass is 247 g/mol. The van der Waals surface area contributed by atoms with Crippen LogP contribution in [0.2, 0.25) is 0 Å². The van der Waals surface area contributed by atoms with Crippen LogP contribution < -0.4 is 0 Å². The van der Waals surface area contributed by atoms with E-state index in [1.54, 1.807) is 0 Å². The molecule has 0 aliphatic heterocycles. The van der Waals surface area contributed by atoms with Crippen molar-refractivity contribution in [2.45, 2.75) is 18.9 Å². The number of hydrogen-bond donors (Lipinski definition) is 1. The van der Waals surface area contributed by atoms with Crippen molar-refractivity contribution in [1.29, 1.82) is 0 Å². The van der Waals surface area contributed by atoms with Crippen molar-refractivity contribution < 1.29 is 22.1 Å². The first-order valence-electron chi connectivity index (χ1n) is 4.65. The molecule has 0 radical (unpaired) electrons. The molecule has 90 valence electrons. The summed E-state index contributed by atoms with van der Waals surface area (Å²) in [6.07, 6.45) is 1.13. The van der Waals surface area contributed by atoms with Gasteiger partial charge < -0.3 is 9.62 Å². The molecule has 0 spiro atoms. The van der Waals surface area contributed by atoms with Crippen molar-refractivity contribution in [2.75, 3.05) is 6.54 Å². The van der Waals surface area contributed by atoms with E-state index in [2.05, 4.69) is 0 Å². The fourth-order valence-corrected chi connectivity index (χ4v) is 1.54. The average Bonchev–Trinajstić information content (AvgIpc) is 2.49. The maximum absolute atomic E-state index is 11.3. The Kier molecular flexibility index (Phi) is 3.71. The molecule has 1 heterocycles. The van der Waals surface area contributed by atoms with Crippen molar-refractivity contribution >= 4 is 16.3 Å². The predicted molar refractivity (Wildman–Crippen MR) is 57.0 cm³/mol. The summed E-state index contributed by atoms with van der Waals surface area (Å²) in [7, 11) is -4.35. The van der Waals surface area contributed by atoms with E-state index in [1.807, 2.05) is 13.8 Å². The highest BCUT2D eigenvalue weighted by molar-refractivity contribution is 7.85. The van der Waals surface area contributed by atoms with Crippen LogP contribution >= 0.6 is 0 Å². The molecule has 0 saturated carbocycles. The maximum Gasteiger partial charge on any atom is 0.328 e. The second-order valence-corrected chi connectivity index (χ2v) is 5.11. The molecule has 0 aliphatic carbocycles. The summed E-state index contributed by atoms with van der Waals surface area (Å²) in [5.74, 6) is 0.271. The lowest BCUT2D eigenvalue weighted by atomic mass is 10.2. The summed E-state index contributed by atoms with van der Waals surface area (Å²) < 4.78 is 35.4. The number of nitrogens with zero attached hydrogens (tertiary/aromatic N) is 1. The normalized spacial score (nSPS) is 13.4. The molecule has 0 aliphatic rings. The minimum absolute atomic E-state index is 0.0864. The van der Waals surface area contributed by atoms with Gasteiger partial charge in [0.1, 0.15) is 0 Å². The van der Waals surface area contributed by atoms with Crippen LogP contribution in [0.4, 0.5) is 0 Å². The first kappa shape index (κ1) is 12.7. The highest BCUT2D eigenvalue weighted by atomic mass is 32.2. The molecule has 1 aromatic rings. The fraction of sp³-hybridized carbons (Fsp3) is 0.444. The van der Waals surface area contributed by atoms with E-state index >= 15 is 0 Å². The van der Waals surface area contributed by atoms with E-state index < -0.39 is 15.2 Å². The van der Waals surface area contributed by atoms with Crippen LogP contribution in [0.3, 0.4) is 0 Å². The van der Waals surface area contributed by atoms with Crippen LogP contribution in [0.5, 0.6) is 0 Å². The molecule has 1 rings (SSSR count). The lowest BCUT2D eigenvalue weighted by Crippen LogP contribution is -2.12. The Labute approximate surface area is 93.5 Å². The second kappa shape index (κ2) is 4.67. The maximum atomic E-state index is 11.3. The van der Waals surface area contributed by atoms with E-state index in [0.717, 1.165) is 12.3 Å². The molecule has 1 N–H and O–H groups in total. The molecule has 6 nitrogen and oxygen atoms in total. The molecule has 0 aromatic carbocycles. The smallest absolute Gasteiger partial charge is 0.328 e. The zero-order valence-corrected chi connectivity index (χ0v) is 9.77. The summed E-state index contributed by atoms with van der Waals surface area (Å²) >= 11 is 0. The van der Waals surface area contributed by atoms with Gasteiger partial charge in [-0.25, -0.2) is 4.74 Å². The summed E-state index contributed by atoms with van der Waals surface area (Å²) in [6.45, 7) is 4.04. The van der Waals surface area contributed by atoms with Gasteiger partial charge in [0.05, 0.1) is 0 Å². The van der Waals surface area contributed by atoms with Gasteiger partial charge in [0.15, 0.2) is 12.3 Å². The third-order valence-corrected chi connectivity index (χ3v) is 2.40. The number of hydrogen-bond acceptors (Lipinski definition) is 4. The lowest BCUT2D eigenvalue weighted by Gasteiger charge is -2.04. The van der Waals surface area contributed by atoms with E-state index in [0.29, 0.717) is 4.74 Å². The van der Waals surface area contributed by atoms with Gasteiger partial charge in [-0.2, -0.15) is 8.42 Å². The van der Waals surface area contributed by atoms with Crippen molar-refractivity contribution in [3.05, 3.63) is 23.1 Å². The number of rotatable bonds is 4. The first-order valence-corrected chi connectivity index (χ1v) is 6.09. The Morgan fingerprint density at radius 2 is 2.19 bits per heavy atom. The molecule has 16 heavy (non-hydrogen) atoms. The van der Waals surface area contributed by atoms with Crippen molar-refractivity contribution in [3.63, 3.8) is 0 Å². The van der Waals surface area contributed by atoms with Gasteiger partial charge in [0.25, 0.3) is 0 Å². The second-order valence-electron chi connectivity index (χ2n) is 3.75.